The van der Waals surface area contributed by atoms with E-state index in [1.165, 1.54) is 11.8 Å². The standard InChI is InChI=1S/C14H16N2O2S/c17-13(16-7-3-4-8-16)9-12-14(18)15-10-5-1-2-6-11(10)19-12/h1-2,5-6,12H,3-4,7-9H2,(H,15,18). The second kappa shape index (κ2) is 5.25. The van der Waals surface area contributed by atoms with E-state index in [1.54, 1.807) is 0 Å². The molecule has 2 amide bonds. The van der Waals surface area contributed by atoms with Crippen molar-refractivity contribution in [1.82, 2.24) is 4.90 Å². The summed E-state index contributed by atoms with van der Waals surface area (Å²) in [6, 6.07) is 7.71. The minimum Gasteiger partial charge on any atom is -0.343 e. The number of carbonyl (C=O) groups excluding carboxylic acids is 2. The molecular weight excluding hydrogens is 260 g/mol. The largest absolute Gasteiger partial charge is 0.343 e. The molecule has 1 aromatic carbocycles. The number of carbonyl (C=O) groups is 2. The van der Waals surface area contributed by atoms with Gasteiger partial charge in [-0.05, 0) is 25.0 Å². The molecule has 0 radical (unpaired) electrons. The fraction of sp³-hybridized carbons (Fsp3) is 0.429. The molecule has 2 aliphatic heterocycles. The molecule has 0 aromatic heterocycles. The van der Waals surface area contributed by atoms with E-state index in [4.69, 9.17) is 0 Å². The van der Waals surface area contributed by atoms with Crippen LogP contribution in [0.2, 0.25) is 0 Å². The summed E-state index contributed by atoms with van der Waals surface area (Å²) < 4.78 is 0. The molecule has 1 N–H and O–H groups in total. The summed E-state index contributed by atoms with van der Waals surface area (Å²) in [5, 5.41) is 2.57. The fourth-order valence-electron chi connectivity index (χ4n) is 2.48. The van der Waals surface area contributed by atoms with Crippen molar-refractivity contribution in [3.8, 4) is 0 Å². The number of rotatable bonds is 2. The molecule has 100 valence electrons. The highest BCUT2D eigenvalue weighted by molar-refractivity contribution is 8.01. The van der Waals surface area contributed by atoms with E-state index in [0.717, 1.165) is 36.5 Å². The first-order valence-corrected chi connectivity index (χ1v) is 7.46. The number of benzene rings is 1. The van der Waals surface area contributed by atoms with Crippen LogP contribution in [0.3, 0.4) is 0 Å². The van der Waals surface area contributed by atoms with Crippen LogP contribution in [0.25, 0.3) is 0 Å². The molecule has 1 fully saturated rings. The van der Waals surface area contributed by atoms with Crippen molar-refractivity contribution in [3.63, 3.8) is 0 Å². The number of thioether (sulfide) groups is 1. The summed E-state index contributed by atoms with van der Waals surface area (Å²) in [6.07, 6.45) is 2.46. The van der Waals surface area contributed by atoms with E-state index >= 15 is 0 Å². The molecule has 0 bridgehead atoms. The van der Waals surface area contributed by atoms with E-state index in [2.05, 4.69) is 5.32 Å². The Balaban J connectivity index is 1.69. The predicted molar refractivity (Wildman–Crippen MR) is 75.1 cm³/mol. The first-order chi connectivity index (χ1) is 9.24. The van der Waals surface area contributed by atoms with Crippen molar-refractivity contribution in [3.05, 3.63) is 24.3 Å². The molecule has 0 aliphatic carbocycles. The molecular formula is C14H16N2O2S. The van der Waals surface area contributed by atoms with Crippen molar-refractivity contribution >= 4 is 29.3 Å². The summed E-state index contributed by atoms with van der Waals surface area (Å²) in [7, 11) is 0. The van der Waals surface area contributed by atoms with Crippen LogP contribution in [0.4, 0.5) is 5.69 Å². The molecule has 2 aliphatic rings. The summed E-state index contributed by atoms with van der Waals surface area (Å²) in [4.78, 5) is 27.0. The Morgan fingerprint density at radius 2 is 2.05 bits per heavy atom. The van der Waals surface area contributed by atoms with Crippen LogP contribution in [0.15, 0.2) is 29.2 Å². The van der Waals surface area contributed by atoms with Gasteiger partial charge in [0, 0.05) is 24.4 Å². The lowest BCUT2D eigenvalue weighted by atomic mass is 10.2. The summed E-state index contributed by atoms with van der Waals surface area (Å²) in [5.41, 5.74) is 0.849. The van der Waals surface area contributed by atoms with Crippen LogP contribution in [0, 0.1) is 0 Å². The highest BCUT2D eigenvalue weighted by Crippen LogP contribution is 2.36. The number of hydrogen-bond acceptors (Lipinski definition) is 3. The minimum atomic E-state index is -0.303. The van der Waals surface area contributed by atoms with Gasteiger partial charge in [0.2, 0.25) is 11.8 Å². The van der Waals surface area contributed by atoms with E-state index in [9.17, 15) is 9.59 Å². The van der Waals surface area contributed by atoms with Gasteiger partial charge in [-0.15, -0.1) is 11.8 Å². The number of nitrogens with one attached hydrogen (secondary N) is 1. The fourth-order valence-corrected chi connectivity index (χ4v) is 3.58. The molecule has 3 rings (SSSR count). The molecule has 0 saturated carbocycles. The monoisotopic (exact) mass is 276 g/mol. The third-order valence-electron chi connectivity index (χ3n) is 3.53. The van der Waals surface area contributed by atoms with Crippen LogP contribution < -0.4 is 5.32 Å². The Morgan fingerprint density at radius 3 is 2.84 bits per heavy atom. The Bertz CT molecular complexity index is 512. The number of anilines is 1. The van der Waals surface area contributed by atoms with Gasteiger partial charge in [-0.2, -0.15) is 0 Å². The Hall–Kier alpha value is -1.49. The quantitative estimate of drug-likeness (QED) is 0.900. The van der Waals surface area contributed by atoms with Crippen molar-refractivity contribution in [1.29, 1.82) is 0 Å². The molecule has 1 aromatic rings. The Labute approximate surface area is 116 Å². The van der Waals surface area contributed by atoms with Gasteiger partial charge in [-0.1, -0.05) is 12.1 Å². The number of amides is 2. The zero-order valence-corrected chi connectivity index (χ0v) is 11.4. The average molecular weight is 276 g/mol. The first-order valence-electron chi connectivity index (χ1n) is 6.58. The van der Waals surface area contributed by atoms with E-state index in [0.29, 0.717) is 6.42 Å². The lowest BCUT2D eigenvalue weighted by Crippen LogP contribution is -2.36. The Morgan fingerprint density at radius 1 is 1.32 bits per heavy atom. The van der Waals surface area contributed by atoms with Crippen LogP contribution in [-0.4, -0.2) is 35.1 Å². The molecule has 1 atom stereocenters. The molecule has 1 unspecified atom stereocenters. The molecule has 1 saturated heterocycles. The molecule has 4 nitrogen and oxygen atoms in total. The van der Waals surface area contributed by atoms with Gasteiger partial charge in [0.25, 0.3) is 0 Å². The maximum Gasteiger partial charge on any atom is 0.238 e. The van der Waals surface area contributed by atoms with Gasteiger partial charge in [-0.25, -0.2) is 0 Å². The Kier molecular flexibility index (Phi) is 3.46. The average Bonchev–Trinajstić information content (AvgIpc) is 2.93. The van der Waals surface area contributed by atoms with Gasteiger partial charge in [0.1, 0.15) is 0 Å². The molecule has 2 heterocycles. The highest BCUT2D eigenvalue weighted by Gasteiger charge is 2.30. The van der Waals surface area contributed by atoms with Crippen molar-refractivity contribution in [2.45, 2.75) is 29.4 Å². The topological polar surface area (TPSA) is 49.4 Å². The van der Waals surface area contributed by atoms with Crippen molar-refractivity contribution < 1.29 is 9.59 Å². The van der Waals surface area contributed by atoms with Crippen molar-refractivity contribution in [2.75, 3.05) is 18.4 Å². The van der Waals surface area contributed by atoms with Crippen LogP contribution in [-0.2, 0) is 9.59 Å². The predicted octanol–water partition coefficient (Wildman–Crippen LogP) is 2.11. The van der Waals surface area contributed by atoms with Gasteiger partial charge >= 0.3 is 0 Å². The van der Waals surface area contributed by atoms with Gasteiger partial charge in [-0.3, -0.25) is 9.59 Å². The van der Waals surface area contributed by atoms with Crippen LogP contribution in [0.5, 0.6) is 0 Å². The number of hydrogen-bond donors (Lipinski definition) is 1. The number of fused-ring (bicyclic) bond motifs is 1. The maximum atomic E-state index is 12.1. The van der Waals surface area contributed by atoms with Gasteiger partial charge in [0.15, 0.2) is 0 Å². The highest BCUT2D eigenvalue weighted by atomic mass is 32.2. The van der Waals surface area contributed by atoms with E-state index < -0.39 is 0 Å². The lowest BCUT2D eigenvalue weighted by molar-refractivity contribution is -0.131. The first kappa shape index (κ1) is 12.5. The summed E-state index contributed by atoms with van der Waals surface area (Å²) in [5.74, 6) is 0.0424. The summed E-state index contributed by atoms with van der Waals surface area (Å²) in [6.45, 7) is 1.68. The van der Waals surface area contributed by atoms with Gasteiger partial charge in [0.05, 0.1) is 10.9 Å². The van der Waals surface area contributed by atoms with E-state index in [-0.39, 0.29) is 17.1 Å². The van der Waals surface area contributed by atoms with Gasteiger partial charge < -0.3 is 10.2 Å². The smallest absolute Gasteiger partial charge is 0.238 e. The second-order valence-electron chi connectivity index (χ2n) is 4.88. The summed E-state index contributed by atoms with van der Waals surface area (Å²) >= 11 is 1.49. The minimum absolute atomic E-state index is 0.0590. The van der Waals surface area contributed by atoms with E-state index in [1.807, 2.05) is 29.2 Å². The zero-order chi connectivity index (χ0) is 13.2. The third-order valence-corrected chi connectivity index (χ3v) is 4.80. The van der Waals surface area contributed by atoms with Crippen LogP contribution >= 0.6 is 11.8 Å². The van der Waals surface area contributed by atoms with Crippen molar-refractivity contribution in [2.24, 2.45) is 0 Å². The molecule has 19 heavy (non-hydrogen) atoms. The zero-order valence-electron chi connectivity index (χ0n) is 10.6. The molecule has 5 heteroatoms. The number of nitrogens with zero attached hydrogens (tertiary/aromatic N) is 1. The normalized spacial score (nSPS) is 22.0. The number of likely N-dealkylation sites (tertiary alicyclic amines) is 1. The third kappa shape index (κ3) is 2.61. The maximum absolute atomic E-state index is 12.1. The van der Waals surface area contributed by atoms with Crippen LogP contribution in [0.1, 0.15) is 19.3 Å². The lowest BCUT2D eigenvalue weighted by Gasteiger charge is -2.25. The second-order valence-corrected chi connectivity index (χ2v) is 6.13. The molecule has 0 spiro atoms. The SMILES string of the molecule is O=C1Nc2ccccc2SC1CC(=O)N1CCCC1. The number of para-hydroxylation sites is 1.